The summed E-state index contributed by atoms with van der Waals surface area (Å²) in [7, 11) is 0. The summed E-state index contributed by atoms with van der Waals surface area (Å²) < 4.78 is 10.4. The van der Waals surface area contributed by atoms with Crippen LogP contribution < -0.4 is 9.84 Å². The van der Waals surface area contributed by atoms with Crippen molar-refractivity contribution in [1.29, 1.82) is 0 Å². The van der Waals surface area contributed by atoms with E-state index in [2.05, 4.69) is 0 Å². The second kappa shape index (κ2) is 7.51. The Morgan fingerprint density at radius 3 is 2.54 bits per heavy atom. The lowest BCUT2D eigenvalue weighted by atomic mass is 10.0. The molecule has 1 heterocycles. The molecule has 0 aromatic heterocycles. The van der Waals surface area contributed by atoms with E-state index in [-0.39, 0.29) is 6.61 Å². The molecule has 2 N–H and O–H groups in total. The van der Waals surface area contributed by atoms with Crippen LogP contribution in [0.3, 0.4) is 0 Å². The zero-order valence-electron chi connectivity index (χ0n) is 12.8. The van der Waals surface area contributed by atoms with Gasteiger partial charge in [-0.3, -0.25) is 0 Å². The van der Waals surface area contributed by atoms with E-state index in [1.165, 1.54) is 0 Å². The number of aliphatic hydroxyl groups is 2. The van der Waals surface area contributed by atoms with E-state index in [0.717, 1.165) is 11.1 Å². The highest BCUT2D eigenvalue weighted by molar-refractivity contribution is 6.31. The monoisotopic (exact) mass is 349 g/mol. The number of rotatable bonds is 4. The van der Waals surface area contributed by atoms with Crippen LogP contribution in [0.4, 0.5) is 0 Å². The molecular formula is C18H18ClO5-. The molecule has 0 bridgehead atoms. The molecule has 24 heavy (non-hydrogen) atoms. The van der Waals surface area contributed by atoms with E-state index in [0.29, 0.717) is 17.2 Å². The van der Waals surface area contributed by atoms with Crippen molar-refractivity contribution in [1.82, 2.24) is 0 Å². The molecule has 6 heteroatoms. The molecular weight excluding hydrogens is 332 g/mol. The standard InChI is InChI=1S/C18H18ClO5/c19-14-4-2-1-3-12(14)9-11-5-7-13(8-6-11)24-17-16(21)15(20)10-23-18(17)22/h1-8,15-18,20-21H,9-10H2/q-1/t15-,16+,17-,18-/m1/s1. The Morgan fingerprint density at radius 2 is 1.83 bits per heavy atom. The van der Waals surface area contributed by atoms with Gasteiger partial charge in [0.2, 0.25) is 0 Å². The van der Waals surface area contributed by atoms with Crippen LogP contribution in [0.2, 0.25) is 5.02 Å². The molecule has 1 saturated heterocycles. The highest BCUT2D eigenvalue weighted by atomic mass is 35.5. The molecule has 0 aliphatic carbocycles. The van der Waals surface area contributed by atoms with Crippen molar-refractivity contribution in [2.24, 2.45) is 0 Å². The van der Waals surface area contributed by atoms with Crippen LogP contribution in [0.5, 0.6) is 5.75 Å². The maximum atomic E-state index is 11.8. The maximum Gasteiger partial charge on any atom is 0.138 e. The number of benzene rings is 2. The first-order valence-corrected chi connectivity index (χ1v) is 8.05. The molecule has 0 spiro atoms. The fourth-order valence-electron chi connectivity index (χ4n) is 2.60. The van der Waals surface area contributed by atoms with Crippen LogP contribution in [0.15, 0.2) is 48.5 Å². The van der Waals surface area contributed by atoms with Gasteiger partial charge in [-0.1, -0.05) is 41.9 Å². The summed E-state index contributed by atoms with van der Waals surface area (Å²) in [5.74, 6) is 0.431. The smallest absolute Gasteiger partial charge is 0.138 e. The van der Waals surface area contributed by atoms with Crippen LogP contribution in [-0.2, 0) is 11.2 Å². The van der Waals surface area contributed by atoms with Gasteiger partial charge in [0.1, 0.15) is 24.1 Å². The first-order valence-electron chi connectivity index (χ1n) is 7.67. The average molecular weight is 350 g/mol. The first-order chi connectivity index (χ1) is 11.5. The normalized spacial score (nSPS) is 27.0. The summed E-state index contributed by atoms with van der Waals surface area (Å²) in [6.07, 6.45) is -4.41. The summed E-state index contributed by atoms with van der Waals surface area (Å²) in [4.78, 5) is 0. The largest absolute Gasteiger partial charge is 0.828 e. The fourth-order valence-corrected chi connectivity index (χ4v) is 2.80. The second-order valence-corrected chi connectivity index (χ2v) is 6.16. The van der Waals surface area contributed by atoms with E-state index in [9.17, 15) is 15.3 Å². The predicted octanol–water partition coefficient (Wildman–Crippen LogP) is 1.12. The Hall–Kier alpha value is -1.63. The fraction of sp³-hybridized carbons (Fsp3) is 0.333. The predicted molar refractivity (Wildman–Crippen MR) is 86.9 cm³/mol. The van der Waals surface area contributed by atoms with Gasteiger partial charge in [0.05, 0.1) is 6.61 Å². The van der Waals surface area contributed by atoms with Crippen LogP contribution in [0.1, 0.15) is 11.1 Å². The number of ether oxygens (including phenoxy) is 2. The lowest BCUT2D eigenvalue weighted by molar-refractivity contribution is -0.521. The molecule has 0 unspecified atom stereocenters. The molecule has 1 fully saturated rings. The molecule has 0 saturated carbocycles. The number of hydrogen-bond donors (Lipinski definition) is 2. The van der Waals surface area contributed by atoms with Gasteiger partial charge >= 0.3 is 0 Å². The minimum Gasteiger partial charge on any atom is -0.828 e. The van der Waals surface area contributed by atoms with Gasteiger partial charge in [0.25, 0.3) is 0 Å². The van der Waals surface area contributed by atoms with Gasteiger partial charge in [0, 0.05) is 11.3 Å². The average Bonchev–Trinajstić information content (AvgIpc) is 2.59. The van der Waals surface area contributed by atoms with Gasteiger partial charge in [0.15, 0.2) is 0 Å². The second-order valence-electron chi connectivity index (χ2n) is 5.75. The Morgan fingerprint density at radius 1 is 1.12 bits per heavy atom. The van der Waals surface area contributed by atoms with Gasteiger partial charge < -0.3 is 24.8 Å². The van der Waals surface area contributed by atoms with Crippen molar-refractivity contribution in [3.63, 3.8) is 0 Å². The lowest BCUT2D eigenvalue weighted by Crippen LogP contribution is -2.60. The highest BCUT2D eigenvalue weighted by Crippen LogP contribution is 2.23. The van der Waals surface area contributed by atoms with Crippen LogP contribution >= 0.6 is 11.6 Å². The molecule has 3 rings (SSSR count). The van der Waals surface area contributed by atoms with Crippen molar-refractivity contribution in [3.05, 3.63) is 64.7 Å². The van der Waals surface area contributed by atoms with E-state index in [1.54, 1.807) is 12.1 Å². The SMILES string of the molecule is [O-][C@@H]1OC[C@@H](O)[C@H](O)[C@H]1Oc1ccc(Cc2ccccc2Cl)cc1. The maximum absolute atomic E-state index is 11.8. The number of aliphatic hydroxyl groups excluding tert-OH is 2. The summed E-state index contributed by atoms with van der Waals surface area (Å²) in [6, 6.07) is 14.8. The third-order valence-corrected chi connectivity index (χ3v) is 4.35. The molecule has 5 nitrogen and oxygen atoms in total. The molecule has 1 aliphatic rings. The van der Waals surface area contributed by atoms with E-state index >= 15 is 0 Å². The minimum atomic E-state index is -1.54. The topological polar surface area (TPSA) is 82.0 Å². The zero-order valence-corrected chi connectivity index (χ0v) is 13.6. The Labute approximate surface area is 145 Å². The summed E-state index contributed by atoms with van der Waals surface area (Å²) in [5, 5.41) is 31.9. The molecule has 2 aromatic rings. The third-order valence-electron chi connectivity index (χ3n) is 3.98. The lowest BCUT2D eigenvalue weighted by Gasteiger charge is -2.41. The molecule has 1 aliphatic heterocycles. The van der Waals surface area contributed by atoms with E-state index in [4.69, 9.17) is 21.1 Å². The molecule has 2 aromatic carbocycles. The summed E-state index contributed by atoms with van der Waals surface area (Å²) in [6.45, 7) is -0.189. The van der Waals surface area contributed by atoms with E-state index < -0.39 is 24.6 Å². The Kier molecular flexibility index (Phi) is 5.38. The minimum absolute atomic E-state index is 0.189. The quantitative estimate of drug-likeness (QED) is 0.864. The van der Waals surface area contributed by atoms with Crippen LogP contribution in [-0.4, -0.2) is 41.4 Å². The van der Waals surface area contributed by atoms with Crippen molar-refractivity contribution in [2.75, 3.05) is 6.61 Å². The summed E-state index contributed by atoms with van der Waals surface area (Å²) >= 11 is 6.16. The number of halogens is 1. The van der Waals surface area contributed by atoms with Crippen molar-refractivity contribution < 1.29 is 24.8 Å². The molecule has 128 valence electrons. The zero-order chi connectivity index (χ0) is 17.1. The van der Waals surface area contributed by atoms with Crippen molar-refractivity contribution >= 4 is 11.6 Å². The summed E-state index contributed by atoms with van der Waals surface area (Å²) in [5.41, 5.74) is 2.06. The Balaban J connectivity index is 1.67. The van der Waals surface area contributed by atoms with E-state index in [1.807, 2.05) is 36.4 Å². The first kappa shape index (κ1) is 17.2. The molecule has 0 amide bonds. The third kappa shape index (κ3) is 3.88. The van der Waals surface area contributed by atoms with Gasteiger partial charge in [-0.2, -0.15) is 0 Å². The molecule has 4 atom stereocenters. The van der Waals surface area contributed by atoms with Crippen LogP contribution in [0, 0.1) is 0 Å². The Bertz CT molecular complexity index is 675. The van der Waals surface area contributed by atoms with Gasteiger partial charge in [-0.25, -0.2) is 0 Å². The number of hydrogen-bond acceptors (Lipinski definition) is 5. The van der Waals surface area contributed by atoms with Crippen LogP contribution in [0.25, 0.3) is 0 Å². The van der Waals surface area contributed by atoms with Gasteiger partial charge in [-0.15, -0.1) is 0 Å². The van der Waals surface area contributed by atoms with Crippen molar-refractivity contribution in [2.45, 2.75) is 31.0 Å². The highest BCUT2D eigenvalue weighted by Gasteiger charge is 2.35. The van der Waals surface area contributed by atoms with Crippen molar-refractivity contribution in [3.8, 4) is 5.75 Å². The van der Waals surface area contributed by atoms with Gasteiger partial charge in [-0.05, 0) is 35.7 Å². The molecule has 0 radical (unpaired) electrons.